The van der Waals surface area contributed by atoms with Gasteiger partial charge in [-0.2, -0.15) is 5.10 Å². The van der Waals surface area contributed by atoms with E-state index in [2.05, 4.69) is 10.5 Å². The van der Waals surface area contributed by atoms with Gasteiger partial charge in [-0.15, -0.1) is 0 Å². The van der Waals surface area contributed by atoms with Crippen molar-refractivity contribution in [3.63, 3.8) is 0 Å². The van der Waals surface area contributed by atoms with E-state index in [1.807, 2.05) is 0 Å². The van der Waals surface area contributed by atoms with Crippen molar-refractivity contribution in [2.75, 3.05) is 12.5 Å². The Hall–Kier alpha value is -2.50. The normalized spacial score (nSPS) is 10.8. The first-order valence-electron chi connectivity index (χ1n) is 5.68. The molecule has 1 N–H and O–H groups in total. The molecule has 0 fully saturated rings. The van der Waals surface area contributed by atoms with Crippen LogP contribution < -0.4 is 10.2 Å². The van der Waals surface area contributed by atoms with E-state index in [1.54, 1.807) is 6.07 Å². The van der Waals surface area contributed by atoms with Crippen molar-refractivity contribution in [3.05, 3.63) is 59.4 Å². The molecular weight excluding hydrogens is 269 g/mol. The molecule has 2 rings (SSSR count). The first-order chi connectivity index (χ1) is 9.60. The van der Waals surface area contributed by atoms with Gasteiger partial charge in [0.05, 0.1) is 19.0 Å². The van der Waals surface area contributed by atoms with Crippen LogP contribution in [0.4, 0.5) is 18.9 Å². The Bertz CT molecular complexity index is 644. The Morgan fingerprint density at radius 2 is 1.85 bits per heavy atom. The van der Waals surface area contributed by atoms with Crippen molar-refractivity contribution >= 4 is 11.9 Å². The molecule has 0 aliphatic rings. The molecule has 0 saturated carbocycles. The highest BCUT2D eigenvalue weighted by Gasteiger charge is 2.03. The van der Waals surface area contributed by atoms with Gasteiger partial charge in [0.2, 0.25) is 0 Å². The third-order valence-electron chi connectivity index (χ3n) is 2.51. The van der Waals surface area contributed by atoms with Gasteiger partial charge in [-0.1, -0.05) is 0 Å². The molecule has 3 nitrogen and oxygen atoms in total. The summed E-state index contributed by atoms with van der Waals surface area (Å²) in [5.41, 5.74) is 2.91. The van der Waals surface area contributed by atoms with Crippen LogP contribution >= 0.6 is 0 Å². The van der Waals surface area contributed by atoms with Gasteiger partial charge in [0.15, 0.2) is 17.4 Å². The summed E-state index contributed by atoms with van der Waals surface area (Å²) in [6.45, 7) is 0. The van der Waals surface area contributed by atoms with Crippen molar-refractivity contribution in [3.8, 4) is 5.75 Å². The Kier molecular flexibility index (Phi) is 4.24. The molecule has 20 heavy (non-hydrogen) atoms. The molecule has 0 radical (unpaired) electrons. The maximum absolute atomic E-state index is 13.4. The summed E-state index contributed by atoms with van der Waals surface area (Å²) in [4.78, 5) is 0. The van der Waals surface area contributed by atoms with E-state index in [0.717, 1.165) is 12.1 Å². The number of nitrogens with zero attached hydrogens (tertiary/aromatic N) is 1. The highest BCUT2D eigenvalue weighted by Crippen LogP contribution is 2.17. The number of hydrogen-bond acceptors (Lipinski definition) is 3. The second kappa shape index (κ2) is 6.10. The summed E-state index contributed by atoms with van der Waals surface area (Å²) in [7, 11) is 1.37. The highest BCUT2D eigenvalue weighted by molar-refractivity contribution is 5.80. The van der Waals surface area contributed by atoms with Crippen LogP contribution in [0.2, 0.25) is 0 Å². The van der Waals surface area contributed by atoms with E-state index < -0.39 is 17.5 Å². The van der Waals surface area contributed by atoms with Crippen LogP contribution in [-0.4, -0.2) is 13.3 Å². The Balaban J connectivity index is 2.08. The third kappa shape index (κ3) is 3.28. The van der Waals surface area contributed by atoms with Gasteiger partial charge >= 0.3 is 0 Å². The van der Waals surface area contributed by atoms with E-state index in [1.165, 1.54) is 31.5 Å². The fourth-order valence-electron chi connectivity index (χ4n) is 1.52. The molecule has 104 valence electrons. The quantitative estimate of drug-likeness (QED) is 0.686. The van der Waals surface area contributed by atoms with Crippen molar-refractivity contribution < 1.29 is 17.9 Å². The summed E-state index contributed by atoms with van der Waals surface area (Å²) >= 11 is 0. The molecule has 6 heteroatoms. The molecule has 0 bridgehead atoms. The Morgan fingerprint density at radius 1 is 1.05 bits per heavy atom. The molecule has 0 atom stereocenters. The maximum Gasteiger partial charge on any atom is 0.165 e. The largest absolute Gasteiger partial charge is 0.494 e. The molecule has 0 aliphatic heterocycles. The zero-order valence-electron chi connectivity index (χ0n) is 10.5. The van der Waals surface area contributed by atoms with Crippen LogP contribution in [0.1, 0.15) is 5.56 Å². The molecule has 0 heterocycles. The second-order valence-corrected chi connectivity index (χ2v) is 3.89. The summed E-state index contributed by atoms with van der Waals surface area (Å²) in [5, 5.41) is 3.75. The monoisotopic (exact) mass is 280 g/mol. The van der Waals surface area contributed by atoms with Crippen molar-refractivity contribution in [1.82, 2.24) is 0 Å². The van der Waals surface area contributed by atoms with Crippen LogP contribution in [0, 0.1) is 17.5 Å². The topological polar surface area (TPSA) is 33.6 Å². The fourth-order valence-corrected chi connectivity index (χ4v) is 1.52. The number of benzene rings is 2. The average Bonchev–Trinajstić information content (AvgIpc) is 2.41. The van der Waals surface area contributed by atoms with E-state index in [0.29, 0.717) is 5.56 Å². The minimum atomic E-state index is -0.761. The van der Waals surface area contributed by atoms with Gasteiger partial charge in [0, 0.05) is 6.07 Å². The zero-order valence-corrected chi connectivity index (χ0v) is 10.5. The number of ether oxygens (including phenoxy) is 1. The average molecular weight is 280 g/mol. The summed E-state index contributed by atoms with van der Waals surface area (Å²) in [6.07, 6.45) is 1.31. The summed E-state index contributed by atoms with van der Waals surface area (Å²) < 4.78 is 44.2. The van der Waals surface area contributed by atoms with Crippen LogP contribution in [-0.2, 0) is 0 Å². The number of halogens is 3. The maximum atomic E-state index is 13.4. The Labute approximate surface area is 113 Å². The van der Waals surface area contributed by atoms with Gasteiger partial charge in [0.1, 0.15) is 5.82 Å². The highest BCUT2D eigenvalue weighted by atomic mass is 19.1. The molecule has 2 aromatic carbocycles. The fraction of sp³-hybridized carbons (Fsp3) is 0.0714. The van der Waals surface area contributed by atoms with Crippen molar-refractivity contribution in [1.29, 1.82) is 0 Å². The van der Waals surface area contributed by atoms with Gasteiger partial charge in [-0.3, -0.25) is 5.43 Å². The smallest absolute Gasteiger partial charge is 0.165 e. The number of hydrogen-bond donors (Lipinski definition) is 1. The lowest BCUT2D eigenvalue weighted by Gasteiger charge is -2.03. The van der Waals surface area contributed by atoms with E-state index in [4.69, 9.17) is 4.74 Å². The lowest BCUT2D eigenvalue weighted by atomic mass is 10.2. The third-order valence-corrected chi connectivity index (χ3v) is 2.51. The molecule has 0 aromatic heterocycles. The SMILES string of the molecule is COc1ccc(/C=N\Nc2ccc(F)cc2F)cc1F. The van der Waals surface area contributed by atoms with Crippen LogP contribution in [0.15, 0.2) is 41.5 Å². The van der Waals surface area contributed by atoms with Gasteiger partial charge in [-0.25, -0.2) is 13.2 Å². The predicted octanol–water partition coefficient (Wildman–Crippen LogP) is 3.56. The van der Waals surface area contributed by atoms with Crippen molar-refractivity contribution in [2.45, 2.75) is 0 Å². The standard InChI is InChI=1S/C14H11F3N2O/c1-20-14-5-2-9(6-12(14)17)8-18-19-13-4-3-10(15)7-11(13)16/h2-8,19H,1H3/b18-8-. The molecular formula is C14H11F3N2O. The van der Waals surface area contributed by atoms with Crippen LogP contribution in [0.25, 0.3) is 0 Å². The number of nitrogens with one attached hydrogen (secondary N) is 1. The molecule has 0 saturated heterocycles. The zero-order chi connectivity index (χ0) is 14.5. The first-order valence-corrected chi connectivity index (χ1v) is 5.68. The van der Waals surface area contributed by atoms with Gasteiger partial charge in [-0.05, 0) is 35.9 Å². The summed E-state index contributed by atoms with van der Waals surface area (Å²) in [6, 6.07) is 7.34. The molecule has 0 unspecified atom stereocenters. The number of methoxy groups -OCH3 is 1. The van der Waals surface area contributed by atoms with E-state index in [9.17, 15) is 13.2 Å². The van der Waals surface area contributed by atoms with E-state index in [-0.39, 0.29) is 11.4 Å². The number of anilines is 1. The van der Waals surface area contributed by atoms with Gasteiger partial charge in [0.25, 0.3) is 0 Å². The second-order valence-electron chi connectivity index (χ2n) is 3.89. The molecule has 0 spiro atoms. The lowest BCUT2D eigenvalue weighted by molar-refractivity contribution is 0.386. The van der Waals surface area contributed by atoms with E-state index >= 15 is 0 Å². The lowest BCUT2D eigenvalue weighted by Crippen LogP contribution is -1.95. The molecule has 0 aliphatic carbocycles. The number of hydrazone groups is 1. The van der Waals surface area contributed by atoms with Crippen LogP contribution in [0.3, 0.4) is 0 Å². The summed E-state index contributed by atoms with van der Waals surface area (Å²) in [5.74, 6) is -1.83. The van der Waals surface area contributed by atoms with Gasteiger partial charge < -0.3 is 4.74 Å². The predicted molar refractivity (Wildman–Crippen MR) is 70.5 cm³/mol. The Morgan fingerprint density at radius 3 is 2.50 bits per heavy atom. The number of rotatable bonds is 4. The van der Waals surface area contributed by atoms with Crippen LogP contribution in [0.5, 0.6) is 5.75 Å². The molecule has 2 aromatic rings. The minimum absolute atomic E-state index is 0.0247. The first kappa shape index (κ1) is 13.9. The van der Waals surface area contributed by atoms with Crippen molar-refractivity contribution in [2.24, 2.45) is 5.10 Å². The minimum Gasteiger partial charge on any atom is -0.494 e. The molecule has 0 amide bonds.